The van der Waals surface area contributed by atoms with Crippen LogP contribution in [0, 0.1) is 0 Å². The fourth-order valence-electron chi connectivity index (χ4n) is 4.28. The summed E-state index contributed by atoms with van der Waals surface area (Å²) in [6.45, 7) is 0.874. The number of likely N-dealkylation sites (tertiary alicyclic amines) is 1. The minimum atomic E-state index is -0.413. The van der Waals surface area contributed by atoms with E-state index in [1.807, 2.05) is 0 Å². The number of ketones is 1. The van der Waals surface area contributed by atoms with Gasteiger partial charge in [-0.15, -0.1) is 16.4 Å². The molecule has 1 aromatic carbocycles. The maximum Gasteiger partial charge on any atom is 0.256 e. The predicted molar refractivity (Wildman–Crippen MR) is 140 cm³/mol. The number of benzene rings is 1. The van der Waals surface area contributed by atoms with Crippen LogP contribution in [0.4, 0.5) is 0 Å². The number of nitrogens with zero attached hydrogens (tertiary/aromatic N) is 5. The molecule has 0 radical (unpaired) electrons. The average molecular weight is 538 g/mol. The largest absolute Gasteiger partial charge is 0.393 e. The normalized spacial score (nSPS) is 14.2. The van der Waals surface area contributed by atoms with Gasteiger partial charge in [-0.2, -0.15) is 0 Å². The summed E-state index contributed by atoms with van der Waals surface area (Å²) in [4.78, 5) is 40.7. The van der Waals surface area contributed by atoms with Crippen molar-refractivity contribution >= 4 is 34.6 Å². The maximum atomic E-state index is 13.6. The first-order chi connectivity index (χ1) is 17.9. The number of pyridine rings is 1. The van der Waals surface area contributed by atoms with Crippen LogP contribution in [0.25, 0.3) is 11.4 Å². The molecular weight excluding hydrogens is 514 g/mol. The highest BCUT2D eigenvalue weighted by Crippen LogP contribution is 2.24. The van der Waals surface area contributed by atoms with Crippen LogP contribution in [-0.2, 0) is 6.42 Å². The van der Waals surface area contributed by atoms with Crippen molar-refractivity contribution in [1.82, 2.24) is 24.5 Å². The van der Waals surface area contributed by atoms with Crippen LogP contribution >= 0.6 is 22.9 Å². The molecule has 0 spiro atoms. The van der Waals surface area contributed by atoms with Gasteiger partial charge in [0.1, 0.15) is 0 Å². The summed E-state index contributed by atoms with van der Waals surface area (Å²) in [6, 6.07) is 13.4. The van der Waals surface area contributed by atoms with Crippen LogP contribution in [0.5, 0.6) is 0 Å². The number of aliphatic hydroxyl groups excluding tert-OH is 1. The molecular formula is C26H24ClN5O4S. The van der Waals surface area contributed by atoms with Crippen LogP contribution < -0.4 is 5.56 Å². The van der Waals surface area contributed by atoms with E-state index in [1.165, 1.54) is 26.7 Å². The van der Waals surface area contributed by atoms with Crippen LogP contribution in [0.1, 0.15) is 45.0 Å². The number of rotatable bonds is 7. The number of piperidine rings is 1. The molecule has 0 saturated carbocycles. The molecule has 0 aliphatic carbocycles. The fraction of sp³-hybridized carbons (Fsp3) is 0.269. The third kappa shape index (κ3) is 5.56. The molecule has 0 atom stereocenters. The summed E-state index contributed by atoms with van der Waals surface area (Å²) < 4.78 is 3.55. The molecule has 1 aliphatic heterocycles. The lowest BCUT2D eigenvalue weighted by atomic mass is 10.0. The van der Waals surface area contributed by atoms with Crippen molar-refractivity contribution < 1.29 is 14.7 Å². The smallest absolute Gasteiger partial charge is 0.256 e. The molecule has 37 heavy (non-hydrogen) atoms. The van der Waals surface area contributed by atoms with E-state index in [2.05, 4.69) is 10.3 Å². The number of hydrogen-bond donors (Lipinski definition) is 1. The highest BCUT2D eigenvalue weighted by atomic mass is 35.5. The summed E-state index contributed by atoms with van der Waals surface area (Å²) in [5.74, 6) is -0.234. The number of aliphatic hydroxyl groups is 1. The second kappa shape index (κ2) is 10.8. The van der Waals surface area contributed by atoms with Gasteiger partial charge < -0.3 is 10.0 Å². The Hall–Kier alpha value is -3.60. The molecule has 4 heterocycles. The molecule has 1 N–H and O–H groups in total. The Morgan fingerprint density at radius 1 is 1.11 bits per heavy atom. The second-order valence-corrected chi connectivity index (χ2v) is 10.5. The van der Waals surface area contributed by atoms with Gasteiger partial charge in [0, 0.05) is 43.9 Å². The van der Waals surface area contributed by atoms with Gasteiger partial charge in [-0.25, -0.2) is 4.68 Å². The van der Waals surface area contributed by atoms with Gasteiger partial charge in [-0.05, 0) is 49.2 Å². The standard InChI is InChI=1S/C26H24ClN5O4S/c27-24-9-8-23(37-24)22(34)7-4-17-16-32(29-28-17)21-6-5-18(31-12-2-1-3-25(31)35)15-20(21)26(36)30-13-10-19(33)11-14-30/h1-3,5-6,8-9,12,15-16,19,33H,4,7,10-11,13-14H2. The number of aryl methyl sites for hydroxylation is 1. The number of amides is 1. The molecule has 190 valence electrons. The molecule has 11 heteroatoms. The molecule has 1 amide bonds. The number of aromatic nitrogens is 4. The van der Waals surface area contributed by atoms with Gasteiger partial charge in [0.05, 0.1) is 38.5 Å². The van der Waals surface area contributed by atoms with E-state index >= 15 is 0 Å². The van der Waals surface area contributed by atoms with Crippen molar-refractivity contribution in [2.45, 2.75) is 31.8 Å². The number of hydrogen-bond acceptors (Lipinski definition) is 7. The lowest BCUT2D eigenvalue weighted by Gasteiger charge is -2.30. The zero-order valence-corrected chi connectivity index (χ0v) is 21.4. The summed E-state index contributed by atoms with van der Waals surface area (Å²) in [7, 11) is 0. The van der Waals surface area contributed by atoms with Crippen LogP contribution in [-0.4, -0.2) is 60.5 Å². The Balaban J connectivity index is 1.44. The first-order valence-electron chi connectivity index (χ1n) is 11.9. The topological polar surface area (TPSA) is 110 Å². The minimum Gasteiger partial charge on any atom is -0.393 e. The fourth-order valence-corrected chi connectivity index (χ4v) is 5.30. The SMILES string of the molecule is O=C(CCc1cn(-c2ccc(-n3ccccc3=O)cc2C(=O)N2CCC(O)CC2)nn1)c1ccc(Cl)s1. The lowest BCUT2D eigenvalue weighted by molar-refractivity contribution is 0.0546. The Labute approximate surface area is 221 Å². The average Bonchev–Trinajstić information content (AvgIpc) is 3.56. The zero-order chi connectivity index (χ0) is 25.9. The van der Waals surface area contributed by atoms with Gasteiger partial charge in [0.15, 0.2) is 5.78 Å². The highest BCUT2D eigenvalue weighted by Gasteiger charge is 2.25. The van der Waals surface area contributed by atoms with E-state index in [0.29, 0.717) is 64.2 Å². The van der Waals surface area contributed by atoms with E-state index in [1.54, 1.807) is 59.8 Å². The van der Waals surface area contributed by atoms with Crippen molar-refractivity contribution in [3.63, 3.8) is 0 Å². The van der Waals surface area contributed by atoms with Crippen molar-refractivity contribution in [3.8, 4) is 11.4 Å². The summed E-state index contributed by atoms with van der Waals surface area (Å²) >= 11 is 7.18. The first-order valence-corrected chi connectivity index (χ1v) is 13.1. The Morgan fingerprint density at radius 3 is 2.65 bits per heavy atom. The molecule has 1 aliphatic rings. The number of Topliss-reactive ketones (excluding diaryl/α,β-unsaturated/α-hetero) is 1. The monoisotopic (exact) mass is 537 g/mol. The molecule has 3 aromatic heterocycles. The highest BCUT2D eigenvalue weighted by molar-refractivity contribution is 7.18. The zero-order valence-electron chi connectivity index (χ0n) is 19.8. The number of thiophene rings is 1. The van der Waals surface area contributed by atoms with Gasteiger partial charge in [0.25, 0.3) is 11.5 Å². The molecule has 1 fully saturated rings. The first kappa shape index (κ1) is 25.1. The molecule has 0 bridgehead atoms. The lowest BCUT2D eigenvalue weighted by Crippen LogP contribution is -2.40. The van der Waals surface area contributed by atoms with Crippen molar-refractivity contribution in [2.24, 2.45) is 0 Å². The Bertz CT molecular complexity index is 1500. The minimum absolute atomic E-state index is 0.0211. The molecule has 4 aromatic rings. The van der Waals surface area contributed by atoms with E-state index in [-0.39, 0.29) is 23.7 Å². The van der Waals surface area contributed by atoms with Crippen LogP contribution in [0.2, 0.25) is 4.34 Å². The molecule has 1 saturated heterocycles. The third-order valence-corrected chi connectivity index (χ3v) is 7.58. The predicted octanol–water partition coefficient (Wildman–Crippen LogP) is 3.55. The summed E-state index contributed by atoms with van der Waals surface area (Å²) in [5.41, 5.74) is 1.83. The van der Waals surface area contributed by atoms with Gasteiger partial charge in [-0.1, -0.05) is 22.9 Å². The van der Waals surface area contributed by atoms with Gasteiger partial charge >= 0.3 is 0 Å². The Morgan fingerprint density at radius 2 is 1.92 bits per heavy atom. The second-order valence-electron chi connectivity index (χ2n) is 8.82. The van der Waals surface area contributed by atoms with Crippen LogP contribution in [0.15, 0.2) is 65.7 Å². The summed E-state index contributed by atoms with van der Waals surface area (Å²) in [5, 5.41) is 18.3. The van der Waals surface area contributed by atoms with Crippen LogP contribution in [0.3, 0.4) is 0 Å². The number of carbonyl (C=O) groups excluding carboxylic acids is 2. The van der Waals surface area contributed by atoms with Gasteiger partial charge in [0.2, 0.25) is 0 Å². The Kier molecular flexibility index (Phi) is 7.31. The number of carbonyl (C=O) groups is 2. The van der Waals surface area contributed by atoms with E-state index in [9.17, 15) is 19.5 Å². The third-order valence-electron chi connectivity index (χ3n) is 6.31. The van der Waals surface area contributed by atoms with Gasteiger partial charge in [-0.3, -0.25) is 19.0 Å². The molecule has 5 rings (SSSR count). The quantitative estimate of drug-likeness (QED) is 0.361. The van der Waals surface area contributed by atoms with Crippen molar-refractivity contribution in [1.29, 1.82) is 0 Å². The number of halogens is 1. The van der Waals surface area contributed by atoms with E-state index in [4.69, 9.17) is 11.6 Å². The maximum absolute atomic E-state index is 13.6. The van der Waals surface area contributed by atoms with Crippen molar-refractivity contribution in [3.05, 3.63) is 91.7 Å². The van der Waals surface area contributed by atoms with E-state index < -0.39 is 6.10 Å². The molecule has 0 unspecified atom stereocenters. The summed E-state index contributed by atoms with van der Waals surface area (Å²) in [6.07, 6.45) is 4.60. The van der Waals surface area contributed by atoms with E-state index in [0.717, 1.165) is 0 Å². The molecule has 9 nitrogen and oxygen atoms in total. The van der Waals surface area contributed by atoms with Crippen molar-refractivity contribution in [2.75, 3.05) is 13.1 Å².